The van der Waals surface area contributed by atoms with Crippen LogP contribution in [0.4, 0.5) is 0 Å². The fraction of sp³-hybridized carbons (Fsp3) is 0.286. The fourth-order valence-electron chi connectivity index (χ4n) is 2.97. The van der Waals surface area contributed by atoms with Crippen LogP contribution in [0.2, 0.25) is 0 Å². The molecule has 6 heteroatoms. The molecule has 0 aliphatic carbocycles. The van der Waals surface area contributed by atoms with E-state index in [4.69, 9.17) is 0 Å². The highest BCUT2D eigenvalue weighted by atomic mass is 16.2. The summed E-state index contributed by atoms with van der Waals surface area (Å²) in [5.41, 5.74) is 3.73. The second kappa shape index (κ2) is 8.49. The summed E-state index contributed by atoms with van der Waals surface area (Å²) in [4.78, 5) is 28.5. The van der Waals surface area contributed by atoms with Crippen molar-refractivity contribution in [2.75, 3.05) is 13.1 Å². The standard InChI is InChI=1S/C21H24N4O2/c1-15-8-10-17(11-9-15)21(27)23-14-20(26)22-12-5-13-25-16(2)24-18-6-3-4-7-19(18)25/h3-4,6-11H,5,12-14H2,1-2H3,(H,22,26)(H,23,27). The molecule has 0 unspecified atom stereocenters. The van der Waals surface area contributed by atoms with Crippen molar-refractivity contribution in [2.24, 2.45) is 0 Å². The Morgan fingerprint density at radius 2 is 1.74 bits per heavy atom. The van der Waals surface area contributed by atoms with Crippen molar-refractivity contribution in [1.29, 1.82) is 0 Å². The molecule has 27 heavy (non-hydrogen) atoms. The average molecular weight is 364 g/mol. The first-order valence-electron chi connectivity index (χ1n) is 9.08. The second-order valence-corrected chi connectivity index (χ2v) is 6.55. The van der Waals surface area contributed by atoms with Crippen LogP contribution in [0.3, 0.4) is 0 Å². The van der Waals surface area contributed by atoms with E-state index in [2.05, 4.69) is 26.3 Å². The molecule has 1 heterocycles. The number of benzene rings is 2. The van der Waals surface area contributed by atoms with Crippen molar-refractivity contribution in [2.45, 2.75) is 26.8 Å². The number of carbonyl (C=O) groups is 2. The Hall–Kier alpha value is -3.15. The van der Waals surface area contributed by atoms with E-state index in [0.29, 0.717) is 12.1 Å². The normalized spacial score (nSPS) is 10.7. The number of carbonyl (C=O) groups excluding carboxylic acids is 2. The zero-order valence-corrected chi connectivity index (χ0v) is 15.7. The van der Waals surface area contributed by atoms with Gasteiger partial charge in [-0.3, -0.25) is 9.59 Å². The molecule has 0 radical (unpaired) electrons. The second-order valence-electron chi connectivity index (χ2n) is 6.55. The van der Waals surface area contributed by atoms with Gasteiger partial charge in [0, 0.05) is 18.7 Å². The van der Waals surface area contributed by atoms with Crippen LogP contribution in [0, 0.1) is 13.8 Å². The summed E-state index contributed by atoms with van der Waals surface area (Å²) in [6.45, 7) is 5.25. The van der Waals surface area contributed by atoms with Crippen molar-refractivity contribution in [3.05, 3.63) is 65.5 Å². The molecule has 6 nitrogen and oxygen atoms in total. The van der Waals surface area contributed by atoms with Crippen molar-refractivity contribution in [3.8, 4) is 0 Å². The lowest BCUT2D eigenvalue weighted by Crippen LogP contribution is -2.37. The van der Waals surface area contributed by atoms with Crippen LogP contribution in [0.5, 0.6) is 0 Å². The number of nitrogens with one attached hydrogen (secondary N) is 2. The summed E-state index contributed by atoms with van der Waals surface area (Å²) >= 11 is 0. The van der Waals surface area contributed by atoms with E-state index in [1.54, 1.807) is 12.1 Å². The third-order valence-corrected chi connectivity index (χ3v) is 4.45. The van der Waals surface area contributed by atoms with Gasteiger partial charge in [0.1, 0.15) is 5.82 Å². The minimum atomic E-state index is -0.245. The van der Waals surface area contributed by atoms with Gasteiger partial charge in [0.05, 0.1) is 17.6 Å². The number of amides is 2. The summed E-state index contributed by atoms with van der Waals surface area (Å²) in [7, 11) is 0. The number of nitrogens with zero attached hydrogens (tertiary/aromatic N) is 2. The Labute approximate surface area is 158 Å². The molecule has 3 rings (SSSR count). The van der Waals surface area contributed by atoms with E-state index in [1.807, 2.05) is 44.2 Å². The molecule has 0 saturated heterocycles. The predicted molar refractivity (Wildman–Crippen MR) is 106 cm³/mol. The van der Waals surface area contributed by atoms with Gasteiger partial charge in [-0.05, 0) is 44.5 Å². The van der Waals surface area contributed by atoms with Crippen LogP contribution in [-0.4, -0.2) is 34.5 Å². The van der Waals surface area contributed by atoms with Crippen molar-refractivity contribution < 1.29 is 9.59 Å². The van der Waals surface area contributed by atoms with Gasteiger partial charge in [0.25, 0.3) is 5.91 Å². The fourth-order valence-corrected chi connectivity index (χ4v) is 2.97. The van der Waals surface area contributed by atoms with E-state index < -0.39 is 0 Å². The van der Waals surface area contributed by atoms with Gasteiger partial charge in [0.15, 0.2) is 0 Å². The number of hydrogen-bond acceptors (Lipinski definition) is 3. The maximum absolute atomic E-state index is 12.0. The maximum Gasteiger partial charge on any atom is 0.251 e. The molecule has 0 fully saturated rings. The SMILES string of the molecule is Cc1ccc(C(=O)NCC(=O)NCCCn2c(C)nc3ccccc32)cc1. The van der Waals surface area contributed by atoms with Crippen molar-refractivity contribution in [1.82, 2.24) is 20.2 Å². The van der Waals surface area contributed by atoms with Crippen LogP contribution in [0.1, 0.15) is 28.2 Å². The first-order valence-corrected chi connectivity index (χ1v) is 9.08. The van der Waals surface area contributed by atoms with E-state index >= 15 is 0 Å². The van der Waals surface area contributed by atoms with Crippen LogP contribution in [0.15, 0.2) is 48.5 Å². The van der Waals surface area contributed by atoms with E-state index in [-0.39, 0.29) is 18.4 Å². The van der Waals surface area contributed by atoms with Crippen molar-refractivity contribution >= 4 is 22.8 Å². The monoisotopic (exact) mass is 364 g/mol. The Morgan fingerprint density at radius 1 is 1.00 bits per heavy atom. The number of hydrogen-bond donors (Lipinski definition) is 2. The van der Waals surface area contributed by atoms with Gasteiger partial charge < -0.3 is 15.2 Å². The number of imidazole rings is 1. The first kappa shape index (κ1) is 18.6. The highest BCUT2D eigenvalue weighted by molar-refractivity contribution is 5.96. The molecular weight excluding hydrogens is 340 g/mol. The number of fused-ring (bicyclic) bond motifs is 1. The zero-order chi connectivity index (χ0) is 19.2. The highest BCUT2D eigenvalue weighted by Gasteiger charge is 2.08. The average Bonchev–Trinajstić information content (AvgIpc) is 2.99. The Morgan fingerprint density at radius 3 is 2.52 bits per heavy atom. The number of para-hydroxylation sites is 2. The lowest BCUT2D eigenvalue weighted by atomic mass is 10.1. The molecular formula is C21H24N4O2. The summed E-state index contributed by atoms with van der Waals surface area (Å²) in [5, 5.41) is 5.48. The minimum Gasteiger partial charge on any atom is -0.355 e. The topological polar surface area (TPSA) is 76.0 Å². The Bertz CT molecular complexity index is 944. The largest absolute Gasteiger partial charge is 0.355 e. The Kier molecular flexibility index (Phi) is 5.86. The van der Waals surface area contributed by atoms with E-state index in [1.165, 1.54) is 0 Å². The molecule has 0 spiro atoms. The van der Waals surface area contributed by atoms with Crippen LogP contribution in [-0.2, 0) is 11.3 Å². The van der Waals surface area contributed by atoms with E-state index in [9.17, 15) is 9.59 Å². The van der Waals surface area contributed by atoms with Gasteiger partial charge in [0.2, 0.25) is 5.91 Å². The molecule has 2 amide bonds. The quantitative estimate of drug-likeness (QED) is 0.633. The van der Waals surface area contributed by atoms with Gasteiger partial charge in [-0.1, -0.05) is 29.8 Å². The lowest BCUT2D eigenvalue weighted by Gasteiger charge is -2.09. The molecule has 0 aliphatic rings. The molecule has 2 aromatic carbocycles. The van der Waals surface area contributed by atoms with Gasteiger partial charge in [-0.25, -0.2) is 4.98 Å². The van der Waals surface area contributed by atoms with Crippen molar-refractivity contribution in [3.63, 3.8) is 0 Å². The zero-order valence-electron chi connectivity index (χ0n) is 15.7. The third kappa shape index (κ3) is 4.73. The highest BCUT2D eigenvalue weighted by Crippen LogP contribution is 2.15. The summed E-state index contributed by atoms with van der Waals surface area (Å²) < 4.78 is 2.15. The third-order valence-electron chi connectivity index (χ3n) is 4.45. The summed E-state index contributed by atoms with van der Waals surface area (Å²) in [6.07, 6.45) is 0.791. The lowest BCUT2D eigenvalue weighted by molar-refractivity contribution is -0.120. The molecule has 0 atom stereocenters. The molecule has 3 aromatic rings. The molecule has 2 N–H and O–H groups in total. The van der Waals surface area contributed by atoms with Crippen LogP contribution >= 0.6 is 0 Å². The Balaban J connectivity index is 1.41. The van der Waals surface area contributed by atoms with E-state index in [0.717, 1.165) is 35.4 Å². The van der Waals surface area contributed by atoms with Gasteiger partial charge in [-0.15, -0.1) is 0 Å². The van der Waals surface area contributed by atoms with Crippen LogP contribution < -0.4 is 10.6 Å². The predicted octanol–water partition coefficient (Wildman–Crippen LogP) is 2.59. The van der Waals surface area contributed by atoms with Crippen LogP contribution in [0.25, 0.3) is 11.0 Å². The molecule has 0 saturated carbocycles. The summed E-state index contributed by atoms with van der Waals surface area (Å²) in [6, 6.07) is 15.3. The smallest absolute Gasteiger partial charge is 0.251 e. The van der Waals surface area contributed by atoms with Gasteiger partial charge >= 0.3 is 0 Å². The first-order chi connectivity index (χ1) is 13.0. The molecule has 0 aliphatic heterocycles. The number of aromatic nitrogens is 2. The molecule has 0 bridgehead atoms. The minimum absolute atomic E-state index is 0.0280. The summed E-state index contributed by atoms with van der Waals surface area (Å²) in [5.74, 6) is 0.529. The van der Waals surface area contributed by atoms with Gasteiger partial charge in [-0.2, -0.15) is 0 Å². The number of aryl methyl sites for hydroxylation is 3. The molecule has 140 valence electrons. The molecule has 1 aromatic heterocycles. The number of rotatable bonds is 7. The maximum atomic E-state index is 12.0.